The first-order chi connectivity index (χ1) is 15.2. The van der Waals surface area contributed by atoms with Gasteiger partial charge in [0.2, 0.25) is 0 Å². The van der Waals surface area contributed by atoms with Crippen LogP contribution in [0.3, 0.4) is 0 Å². The van der Waals surface area contributed by atoms with Crippen LogP contribution in [0.15, 0.2) is 10.5 Å². The van der Waals surface area contributed by atoms with Crippen LogP contribution in [0.4, 0.5) is 5.13 Å². The van der Waals surface area contributed by atoms with E-state index in [1.165, 1.54) is 5.38 Å². The number of hydrogen-bond donors (Lipinski definition) is 4. The molecule has 5 N–H and O–H groups in total. The number of fused-ring (bicyclic) bond motifs is 3. The molecular formula is C16H17N5O9S2. The van der Waals surface area contributed by atoms with Crippen LogP contribution >= 0.6 is 11.3 Å². The molecular weight excluding hydrogens is 470 g/mol. The van der Waals surface area contributed by atoms with Crippen molar-refractivity contribution in [2.45, 2.75) is 23.6 Å². The molecule has 172 valence electrons. The number of nitrogens with one attached hydrogen (secondary N) is 1. The first-order valence-corrected chi connectivity index (χ1v) is 11.5. The summed E-state index contributed by atoms with van der Waals surface area (Å²) in [5.74, 6) is -5.31. The Balaban J connectivity index is 1.59. The lowest BCUT2D eigenvalue weighted by Gasteiger charge is -2.56. The Bertz CT molecular complexity index is 1060. The van der Waals surface area contributed by atoms with E-state index in [2.05, 4.69) is 15.5 Å². The normalized spacial score (nSPS) is 31.3. The predicted molar refractivity (Wildman–Crippen MR) is 106 cm³/mol. The molecule has 0 aromatic carbocycles. The Morgan fingerprint density at radius 1 is 1.50 bits per heavy atom. The molecule has 14 nitrogen and oxygen atoms in total. The Hall–Kier alpha value is -3.11. The van der Waals surface area contributed by atoms with E-state index >= 15 is 0 Å². The SMILES string of the molecule is Nc1nc(/C(=N/OCCO)C(=O)N[C@@H]2C(=O)N3[C@@H]2[S@@](=O)C[C@@H]2CC(=O)O[C@@]23C(=O)O)cs1. The maximum Gasteiger partial charge on any atom is 0.370 e. The van der Waals surface area contributed by atoms with E-state index in [9.17, 15) is 28.5 Å². The van der Waals surface area contributed by atoms with Crippen LogP contribution in [0.25, 0.3) is 0 Å². The summed E-state index contributed by atoms with van der Waals surface area (Å²) >= 11 is 1.02. The number of amides is 2. The van der Waals surface area contributed by atoms with Gasteiger partial charge in [0, 0.05) is 21.9 Å². The predicted octanol–water partition coefficient (Wildman–Crippen LogP) is -2.80. The van der Waals surface area contributed by atoms with Gasteiger partial charge in [-0.25, -0.2) is 9.78 Å². The Morgan fingerprint density at radius 2 is 2.25 bits per heavy atom. The summed E-state index contributed by atoms with van der Waals surface area (Å²) in [5, 5.41) is 24.9. The number of nitrogens with two attached hydrogens (primary N) is 1. The molecule has 4 heterocycles. The number of carbonyl (C=O) groups excluding carboxylic acids is 3. The van der Waals surface area contributed by atoms with E-state index in [0.717, 1.165) is 16.2 Å². The summed E-state index contributed by atoms with van der Waals surface area (Å²) in [6, 6.07) is -1.35. The fraction of sp³-hybridized carbons (Fsp3) is 0.500. The molecule has 0 aliphatic carbocycles. The summed E-state index contributed by atoms with van der Waals surface area (Å²) in [6.07, 6.45) is -0.282. The molecule has 0 bridgehead atoms. The zero-order valence-corrected chi connectivity index (χ0v) is 17.8. The van der Waals surface area contributed by atoms with E-state index in [0.29, 0.717) is 0 Å². The van der Waals surface area contributed by atoms with E-state index < -0.39 is 57.6 Å². The topological polar surface area (TPSA) is 211 Å². The number of aliphatic hydroxyl groups excluding tert-OH is 1. The highest BCUT2D eigenvalue weighted by molar-refractivity contribution is 7.85. The second kappa shape index (κ2) is 8.10. The van der Waals surface area contributed by atoms with Gasteiger partial charge in [-0.2, -0.15) is 0 Å². The number of carboxylic acids is 1. The van der Waals surface area contributed by atoms with Gasteiger partial charge in [-0.1, -0.05) is 5.16 Å². The minimum absolute atomic E-state index is 0.0446. The van der Waals surface area contributed by atoms with Gasteiger partial charge < -0.3 is 30.8 Å². The Kier molecular flexibility index (Phi) is 5.59. The molecule has 5 atom stereocenters. The molecule has 0 radical (unpaired) electrons. The number of aromatic nitrogens is 1. The van der Waals surface area contributed by atoms with Crippen molar-refractivity contribution in [3.63, 3.8) is 0 Å². The minimum Gasteiger partial charge on any atom is -0.477 e. The van der Waals surface area contributed by atoms with Crippen molar-refractivity contribution in [2.24, 2.45) is 11.1 Å². The average Bonchev–Trinajstić information content (AvgIpc) is 3.30. The zero-order chi connectivity index (χ0) is 23.2. The summed E-state index contributed by atoms with van der Waals surface area (Å²) in [7, 11) is -1.77. The maximum absolute atomic E-state index is 12.8. The molecule has 32 heavy (non-hydrogen) atoms. The zero-order valence-electron chi connectivity index (χ0n) is 16.1. The van der Waals surface area contributed by atoms with Gasteiger partial charge in [0.15, 0.2) is 10.8 Å². The molecule has 3 fully saturated rings. The van der Waals surface area contributed by atoms with Crippen LogP contribution in [0.1, 0.15) is 12.1 Å². The van der Waals surface area contributed by atoms with E-state index in [1.807, 2.05) is 0 Å². The van der Waals surface area contributed by atoms with Gasteiger partial charge in [-0.05, 0) is 0 Å². The number of nitrogen functional groups attached to an aromatic ring is 1. The lowest BCUT2D eigenvalue weighted by Crippen LogP contribution is -2.83. The van der Waals surface area contributed by atoms with E-state index in [-0.39, 0.29) is 41.9 Å². The van der Waals surface area contributed by atoms with E-state index in [4.69, 9.17) is 20.4 Å². The van der Waals surface area contributed by atoms with Crippen molar-refractivity contribution in [1.29, 1.82) is 0 Å². The number of aliphatic hydroxyl groups is 1. The molecule has 1 aromatic rings. The average molecular weight is 487 g/mol. The number of β-lactam (4-membered cyclic amide) rings is 1. The summed E-state index contributed by atoms with van der Waals surface area (Å²) in [5.41, 5.74) is 3.03. The maximum atomic E-state index is 12.8. The fourth-order valence-corrected chi connectivity index (χ4v) is 6.32. The highest BCUT2D eigenvalue weighted by Gasteiger charge is 2.73. The lowest BCUT2D eigenvalue weighted by atomic mass is 9.89. The monoisotopic (exact) mass is 487 g/mol. The molecule has 0 unspecified atom stereocenters. The number of thiazole rings is 1. The van der Waals surface area contributed by atoms with Crippen LogP contribution in [0.5, 0.6) is 0 Å². The third-order valence-electron chi connectivity index (χ3n) is 5.18. The van der Waals surface area contributed by atoms with Crippen molar-refractivity contribution in [3.8, 4) is 0 Å². The number of carboxylic acid groups (broad SMARTS) is 1. The van der Waals surface area contributed by atoms with Crippen LogP contribution in [-0.4, -0.2) is 89.9 Å². The van der Waals surface area contributed by atoms with Gasteiger partial charge in [0.05, 0.1) is 18.9 Å². The highest BCUT2D eigenvalue weighted by atomic mass is 32.2. The molecule has 3 aliphatic heterocycles. The number of hydrogen-bond acceptors (Lipinski definition) is 12. The summed E-state index contributed by atoms with van der Waals surface area (Å²) in [6.45, 7) is -0.584. The van der Waals surface area contributed by atoms with Crippen LogP contribution < -0.4 is 11.1 Å². The second-order valence-corrected chi connectivity index (χ2v) is 9.51. The molecule has 3 aliphatic rings. The summed E-state index contributed by atoms with van der Waals surface area (Å²) < 4.78 is 17.8. The number of ether oxygens (including phenoxy) is 1. The van der Waals surface area contributed by atoms with Crippen LogP contribution in [0, 0.1) is 5.92 Å². The molecule has 1 aromatic heterocycles. The van der Waals surface area contributed by atoms with Crippen LogP contribution in [0.2, 0.25) is 0 Å². The van der Waals surface area contributed by atoms with Gasteiger partial charge in [-0.15, -0.1) is 11.3 Å². The van der Waals surface area contributed by atoms with Crippen LogP contribution in [-0.2, 0) is 39.6 Å². The van der Waals surface area contributed by atoms with Gasteiger partial charge in [-0.3, -0.25) is 23.5 Å². The van der Waals surface area contributed by atoms with E-state index in [1.54, 1.807) is 0 Å². The number of anilines is 1. The molecule has 16 heteroatoms. The Morgan fingerprint density at radius 3 is 2.88 bits per heavy atom. The van der Waals surface area contributed by atoms with Crippen molar-refractivity contribution in [1.82, 2.24) is 15.2 Å². The lowest BCUT2D eigenvalue weighted by molar-refractivity contribution is -0.216. The number of nitrogens with zero attached hydrogens (tertiary/aromatic N) is 3. The standard InChI is InChI=1S/C16H17N5O9S2/c17-15-18-7(4-31-15)9(20-29-2-1-22)11(24)19-10-12(25)21-13(10)32(28)5-6-3-8(23)30-16(6,21)14(26)27/h4,6,10,13,22H,1-3,5H2,(H2,17,18)(H,19,24)(H,26,27)/b20-9-/t6-,10+,13+,16+,32-/m0/s1. The van der Waals surface area contributed by atoms with Crippen molar-refractivity contribution in [3.05, 3.63) is 11.1 Å². The van der Waals surface area contributed by atoms with Gasteiger partial charge in [0.25, 0.3) is 17.5 Å². The first-order valence-electron chi connectivity index (χ1n) is 9.19. The number of esters is 1. The third-order valence-corrected chi connectivity index (χ3v) is 7.61. The highest BCUT2D eigenvalue weighted by Crippen LogP contribution is 2.47. The molecule has 4 rings (SSSR count). The van der Waals surface area contributed by atoms with Crippen molar-refractivity contribution >= 4 is 56.7 Å². The fourth-order valence-electron chi connectivity index (χ4n) is 3.85. The molecule has 3 saturated heterocycles. The van der Waals surface area contributed by atoms with Gasteiger partial charge in [0.1, 0.15) is 23.7 Å². The second-order valence-electron chi connectivity index (χ2n) is 7.04. The number of oxime groups is 1. The van der Waals surface area contributed by atoms with Gasteiger partial charge >= 0.3 is 11.9 Å². The smallest absolute Gasteiger partial charge is 0.370 e. The first kappa shape index (κ1) is 22.1. The molecule has 0 saturated carbocycles. The largest absolute Gasteiger partial charge is 0.477 e. The minimum atomic E-state index is -2.25. The number of rotatable bonds is 7. The van der Waals surface area contributed by atoms with Crippen molar-refractivity contribution in [2.75, 3.05) is 24.7 Å². The number of aliphatic carboxylic acids is 1. The quantitative estimate of drug-likeness (QED) is 0.101. The molecule has 0 spiro atoms. The summed E-state index contributed by atoms with van der Waals surface area (Å²) in [4.78, 5) is 59.0. The molecule has 2 amide bonds. The van der Waals surface area contributed by atoms with Crippen molar-refractivity contribution < 1.29 is 43.2 Å². The Labute approximate surface area is 185 Å². The third kappa shape index (κ3) is 3.30. The number of carbonyl (C=O) groups is 4.